The molecule has 1 aliphatic heterocycles. The average Bonchev–Trinajstić information content (AvgIpc) is 3.00. The van der Waals surface area contributed by atoms with Crippen molar-refractivity contribution in [3.63, 3.8) is 0 Å². The number of ether oxygens (including phenoxy) is 1. The van der Waals surface area contributed by atoms with Crippen LogP contribution in [0.1, 0.15) is 24.5 Å². The van der Waals surface area contributed by atoms with E-state index in [1.54, 1.807) is 7.11 Å². The molecule has 5 nitrogen and oxygen atoms in total. The number of aryl methyl sites for hydroxylation is 1. The Labute approximate surface area is 159 Å². The number of hydrogen-bond acceptors (Lipinski definition) is 3. The van der Waals surface area contributed by atoms with Gasteiger partial charge in [0.2, 0.25) is 0 Å². The van der Waals surface area contributed by atoms with Crippen LogP contribution in [0.25, 0.3) is 0 Å². The molecule has 27 heavy (non-hydrogen) atoms. The topological polar surface area (TPSA) is 48.9 Å². The van der Waals surface area contributed by atoms with Crippen LogP contribution in [0.5, 0.6) is 5.75 Å². The van der Waals surface area contributed by atoms with Gasteiger partial charge in [-0.3, -0.25) is 9.89 Å². The fourth-order valence-corrected chi connectivity index (χ4v) is 3.25. The maximum absolute atomic E-state index is 12.5. The minimum absolute atomic E-state index is 0.0290. The minimum Gasteiger partial charge on any atom is -0.496 e. The van der Waals surface area contributed by atoms with Crippen molar-refractivity contribution in [3.8, 4) is 5.75 Å². The number of halogens is 3. The monoisotopic (exact) mass is 386 g/mol. The van der Waals surface area contributed by atoms with Gasteiger partial charge in [0.25, 0.3) is 0 Å². The van der Waals surface area contributed by atoms with Gasteiger partial charge in [-0.15, -0.1) is 0 Å². The van der Waals surface area contributed by atoms with Crippen LogP contribution >= 0.6 is 0 Å². The smallest absolute Gasteiger partial charge is 0.401 e. The zero-order valence-corrected chi connectivity index (χ0v) is 16.2. The summed E-state index contributed by atoms with van der Waals surface area (Å²) in [5.74, 6) is 1.48. The van der Waals surface area contributed by atoms with E-state index in [0.717, 1.165) is 23.3 Å². The Morgan fingerprint density at radius 3 is 2.81 bits per heavy atom. The number of guanidine groups is 1. The van der Waals surface area contributed by atoms with Gasteiger partial charge in [-0.25, -0.2) is 0 Å². The Kier molecular flexibility index (Phi) is 7.77. The van der Waals surface area contributed by atoms with Crippen molar-refractivity contribution < 1.29 is 17.9 Å². The first kappa shape index (κ1) is 21.3. The zero-order valence-electron chi connectivity index (χ0n) is 16.2. The predicted octanol–water partition coefficient (Wildman–Crippen LogP) is 2.74. The van der Waals surface area contributed by atoms with Crippen LogP contribution in [0.3, 0.4) is 0 Å². The molecule has 0 aliphatic carbocycles. The fraction of sp³-hybridized carbons (Fsp3) is 0.632. The molecule has 1 unspecified atom stereocenters. The number of likely N-dealkylation sites (tertiary alicyclic amines) is 1. The maximum Gasteiger partial charge on any atom is 0.401 e. The van der Waals surface area contributed by atoms with E-state index in [1.165, 1.54) is 4.90 Å². The lowest BCUT2D eigenvalue weighted by Crippen LogP contribution is -2.45. The molecule has 0 spiro atoms. The molecule has 1 heterocycles. The predicted molar refractivity (Wildman–Crippen MR) is 101 cm³/mol. The fourth-order valence-electron chi connectivity index (χ4n) is 3.25. The van der Waals surface area contributed by atoms with Crippen LogP contribution in [0.4, 0.5) is 13.2 Å². The van der Waals surface area contributed by atoms with Crippen molar-refractivity contribution in [1.29, 1.82) is 0 Å². The van der Waals surface area contributed by atoms with E-state index in [2.05, 4.69) is 21.7 Å². The highest BCUT2D eigenvalue weighted by Gasteiger charge is 2.34. The summed E-state index contributed by atoms with van der Waals surface area (Å²) in [5, 5.41) is 6.42. The van der Waals surface area contributed by atoms with Crippen LogP contribution < -0.4 is 15.4 Å². The lowest BCUT2D eigenvalue weighted by Gasteiger charge is -2.19. The highest BCUT2D eigenvalue weighted by atomic mass is 19.4. The van der Waals surface area contributed by atoms with E-state index in [9.17, 15) is 13.2 Å². The Bertz CT molecular complexity index is 634. The molecule has 1 aromatic carbocycles. The molecule has 0 radical (unpaired) electrons. The van der Waals surface area contributed by atoms with Crippen molar-refractivity contribution in [2.45, 2.75) is 38.9 Å². The number of hydrogen-bond donors (Lipinski definition) is 2. The Morgan fingerprint density at radius 2 is 2.15 bits per heavy atom. The third-order valence-corrected chi connectivity index (χ3v) is 4.45. The molecule has 8 heteroatoms. The van der Waals surface area contributed by atoms with Crippen LogP contribution in [0.15, 0.2) is 23.2 Å². The number of benzene rings is 1. The summed E-state index contributed by atoms with van der Waals surface area (Å²) in [7, 11) is 1.65. The van der Waals surface area contributed by atoms with Crippen LogP contribution in [-0.4, -0.2) is 62.9 Å². The number of nitrogens with zero attached hydrogens (tertiary/aromatic N) is 2. The van der Waals surface area contributed by atoms with Crippen molar-refractivity contribution in [2.75, 3.05) is 39.8 Å². The molecule has 1 atom stereocenters. The van der Waals surface area contributed by atoms with E-state index in [1.807, 2.05) is 26.0 Å². The zero-order chi connectivity index (χ0) is 19.9. The summed E-state index contributed by atoms with van der Waals surface area (Å²) in [6.07, 6.45) is -2.75. The summed E-state index contributed by atoms with van der Waals surface area (Å²) in [6, 6.07) is 6.01. The van der Waals surface area contributed by atoms with Gasteiger partial charge >= 0.3 is 6.18 Å². The molecule has 0 aromatic heterocycles. The first-order chi connectivity index (χ1) is 12.8. The standard InChI is InChI=1S/C19H29F3N4O/c1-4-23-18(25-16-8-10-26(12-16)13-19(20,21)22)24-9-7-15-11-14(2)5-6-17(15)27-3/h5-6,11,16H,4,7-10,12-13H2,1-3H3,(H2,23,24,25). The molecule has 0 amide bonds. The molecule has 0 saturated carbocycles. The number of alkyl halides is 3. The van der Waals surface area contributed by atoms with E-state index in [0.29, 0.717) is 38.6 Å². The van der Waals surface area contributed by atoms with Gasteiger partial charge < -0.3 is 15.4 Å². The van der Waals surface area contributed by atoms with E-state index >= 15 is 0 Å². The minimum atomic E-state index is -4.15. The molecule has 1 aromatic rings. The van der Waals surface area contributed by atoms with Gasteiger partial charge in [0, 0.05) is 32.2 Å². The average molecular weight is 386 g/mol. The van der Waals surface area contributed by atoms with E-state index in [4.69, 9.17) is 4.74 Å². The summed E-state index contributed by atoms with van der Waals surface area (Å²) in [4.78, 5) is 6.00. The van der Waals surface area contributed by atoms with Gasteiger partial charge in [-0.2, -0.15) is 13.2 Å². The van der Waals surface area contributed by atoms with Crippen molar-refractivity contribution >= 4 is 5.96 Å². The Morgan fingerprint density at radius 1 is 1.37 bits per heavy atom. The second kappa shape index (κ2) is 9.82. The highest BCUT2D eigenvalue weighted by Crippen LogP contribution is 2.21. The SMILES string of the molecule is CCNC(=NCCc1cc(C)ccc1OC)NC1CCN(CC(F)(F)F)C1. The third kappa shape index (κ3) is 7.28. The normalized spacial score (nSPS) is 18.6. The summed E-state index contributed by atoms with van der Waals surface area (Å²) >= 11 is 0. The highest BCUT2D eigenvalue weighted by molar-refractivity contribution is 5.80. The molecule has 2 N–H and O–H groups in total. The molecule has 1 aliphatic rings. The van der Waals surface area contributed by atoms with Gasteiger partial charge in [-0.1, -0.05) is 17.7 Å². The Hall–Kier alpha value is -1.96. The van der Waals surface area contributed by atoms with Gasteiger partial charge in [0.05, 0.1) is 13.7 Å². The van der Waals surface area contributed by atoms with E-state index < -0.39 is 12.7 Å². The van der Waals surface area contributed by atoms with E-state index in [-0.39, 0.29) is 6.04 Å². The third-order valence-electron chi connectivity index (χ3n) is 4.45. The largest absolute Gasteiger partial charge is 0.496 e. The van der Waals surface area contributed by atoms with Crippen LogP contribution in [0, 0.1) is 6.92 Å². The molecule has 1 saturated heterocycles. The molecule has 152 valence electrons. The molecular formula is C19H29F3N4O. The van der Waals surface area contributed by atoms with Crippen molar-refractivity contribution in [2.24, 2.45) is 4.99 Å². The Balaban J connectivity index is 1.90. The molecule has 1 fully saturated rings. The van der Waals surface area contributed by atoms with Crippen molar-refractivity contribution in [3.05, 3.63) is 29.3 Å². The summed E-state index contributed by atoms with van der Waals surface area (Å²) < 4.78 is 43.0. The summed E-state index contributed by atoms with van der Waals surface area (Å²) in [5.41, 5.74) is 2.25. The van der Waals surface area contributed by atoms with Gasteiger partial charge in [-0.05, 0) is 38.3 Å². The molecule has 0 bridgehead atoms. The van der Waals surface area contributed by atoms with Crippen LogP contribution in [0.2, 0.25) is 0 Å². The number of aliphatic imine (C=N–C) groups is 1. The molecule has 2 rings (SSSR count). The lowest BCUT2D eigenvalue weighted by molar-refractivity contribution is -0.143. The number of nitrogens with one attached hydrogen (secondary N) is 2. The maximum atomic E-state index is 12.5. The lowest BCUT2D eigenvalue weighted by atomic mass is 10.1. The summed E-state index contributed by atoms with van der Waals surface area (Å²) in [6.45, 7) is 5.21. The molecular weight excluding hydrogens is 357 g/mol. The number of methoxy groups -OCH3 is 1. The second-order valence-corrected chi connectivity index (χ2v) is 6.81. The first-order valence-electron chi connectivity index (χ1n) is 9.28. The van der Waals surface area contributed by atoms with Gasteiger partial charge in [0.1, 0.15) is 5.75 Å². The second-order valence-electron chi connectivity index (χ2n) is 6.81. The van der Waals surface area contributed by atoms with Crippen molar-refractivity contribution in [1.82, 2.24) is 15.5 Å². The quantitative estimate of drug-likeness (QED) is 0.559. The first-order valence-corrected chi connectivity index (χ1v) is 9.28. The van der Waals surface area contributed by atoms with Gasteiger partial charge in [0.15, 0.2) is 5.96 Å². The number of rotatable bonds is 7. The van der Waals surface area contributed by atoms with Crippen LogP contribution in [-0.2, 0) is 6.42 Å².